The van der Waals surface area contributed by atoms with Gasteiger partial charge < -0.3 is 14.7 Å². The van der Waals surface area contributed by atoms with Gasteiger partial charge in [0.2, 0.25) is 0 Å². The second-order valence-electron chi connectivity index (χ2n) is 4.83. The lowest BCUT2D eigenvalue weighted by atomic mass is 10.1. The van der Waals surface area contributed by atoms with Crippen LogP contribution < -0.4 is 9.64 Å². The van der Waals surface area contributed by atoms with Gasteiger partial charge in [-0.1, -0.05) is 11.6 Å². The third kappa shape index (κ3) is 2.67. The highest BCUT2D eigenvalue weighted by Crippen LogP contribution is 2.46. The molecule has 94 valence electrons. The van der Waals surface area contributed by atoms with Crippen LogP contribution in [-0.2, 0) is 0 Å². The molecule has 3 nitrogen and oxygen atoms in total. The summed E-state index contributed by atoms with van der Waals surface area (Å²) < 4.78 is 5.12. The van der Waals surface area contributed by atoms with E-state index in [1.807, 2.05) is 25.2 Å². The van der Waals surface area contributed by atoms with E-state index >= 15 is 0 Å². The molecule has 0 heterocycles. The predicted molar refractivity (Wildman–Crippen MR) is 70.0 cm³/mol. The molecule has 0 aromatic heterocycles. The Labute approximate surface area is 107 Å². The van der Waals surface area contributed by atoms with Gasteiger partial charge in [-0.2, -0.15) is 0 Å². The van der Waals surface area contributed by atoms with E-state index in [9.17, 15) is 5.11 Å². The molecule has 1 aromatic rings. The minimum Gasteiger partial charge on any atom is -0.497 e. The number of aliphatic hydroxyl groups is 1. The Bertz CT molecular complexity index is 404. The molecule has 2 rings (SSSR count). The zero-order valence-corrected chi connectivity index (χ0v) is 11.0. The van der Waals surface area contributed by atoms with Crippen LogP contribution in [0.2, 0.25) is 5.02 Å². The summed E-state index contributed by atoms with van der Waals surface area (Å²) in [6.45, 7) is 1.10. The highest BCUT2D eigenvalue weighted by atomic mass is 35.5. The molecule has 0 amide bonds. The van der Waals surface area contributed by atoms with Gasteiger partial charge in [0.05, 0.1) is 24.4 Å². The van der Waals surface area contributed by atoms with Crippen molar-refractivity contribution < 1.29 is 9.84 Å². The van der Waals surface area contributed by atoms with Crippen molar-refractivity contribution in [2.24, 2.45) is 5.41 Å². The van der Waals surface area contributed by atoms with E-state index in [0.29, 0.717) is 5.02 Å². The number of rotatable bonds is 5. The SMILES string of the molecule is COc1ccc(N(C)CC2(CO)CC2)c(Cl)c1. The van der Waals surface area contributed by atoms with Crippen molar-refractivity contribution in [3.63, 3.8) is 0 Å². The largest absolute Gasteiger partial charge is 0.497 e. The fraction of sp³-hybridized carbons (Fsp3) is 0.538. The van der Waals surface area contributed by atoms with Crippen molar-refractivity contribution in [2.75, 3.05) is 32.2 Å². The fourth-order valence-corrected chi connectivity index (χ4v) is 2.37. The maximum atomic E-state index is 9.32. The molecule has 0 atom stereocenters. The number of hydrogen-bond acceptors (Lipinski definition) is 3. The van der Waals surface area contributed by atoms with Gasteiger partial charge in [0.25, 0.3) is 0 Å². The topological polar surface area (TPSA) is 32.7 Å². The Balaban J connectivity index is 2.11. The van der Waals surface area contributed by atoms with E-state index in [2.05, 4.69) is 4.90 Å². The third-order valence-electron chi connectivity index (χ3n) is 3.43. The molecule has 0 aliphatic heterocycles. The molecular formula is C13H18ClNO2. The minimum atomic E-state index is 0.0952. The standard InChI is InChI=1S/C13H18ClNO2/c1-15(8-13(9-16)5-6-13)12-4-3-10(17-2)7-11(12)14/h3-4,7,16H,5-6,8-9H2,1-2H3. The lowest BCUT2D eigenvalue weighted by Gasteiger charge is -2.25. The number of ether oxygens (including phenoxy) is 1. The Morgan fingerprint density at radius 3 is 2.65 bits per heavy atom. The zero-order chi connectivity index (χ0) is 12.5. The molecule has 17 heavy (non-hydrogen) atoms. The van der Waals surface area contributed by atoms with Crippen LogP contribution in [0.4, 0.5) is 5.69 Å². The van der Waals surface area contributed by atoms with Gasteiger partial charge in [-0.3, -0.25) is 0 Å². The molecule has 1 aliphatic carbocycles. The van der Waals surface area contributed by atoms with Gasteiger partial charge in [-0.25, -0.2) is 0 Å². The molecule has 1 aliphatic rings. The molecule has 0 unspecified atom stereocenters. The first kappa shape index (κ1) is 12.5. The van der Waals surface area contributed by atoms with E-state index in [4.69, 9.17) is 16.3 Å². The smallest absolute Gasteiger partial charge is 0.120 e. The molecule has 0 saturated heterocycles. The summed E-state index contributed by atoms with van der Waals surface area (Å²) in [6, 6.07) is 5.66. The number of hydrogen-bond donors (Lipinski definition) is 1. The van der Waals surface area contributed by atoms with Crippen molar-refractivity contribution in [3.8, 4) is 5.75 Å². The Morgan fingerprint density at radius 1 is 1.47 bits per heavy atom. The average Bonchev–Trinajstić information content (AvgIpc) is 3.09. The number of halogens is 1. The highest BCUT2D eigenvalue weighted by molar-refractivity contribution is 6.33. The highest BCUT2D eigenvalue weighted by Gasteiger charge is 2.43. The predicted octanol–water partition coefficient (Wildman–Crippen LogP) is 2.56. The molecule has 0 spiro atoms. The van der Waals surface area contributed by atoms with Crippen molar-refractivity contribution >= 4 is 17.3 Å². The van der Waals surface area contributed by atoms with Crippen LogP contribution in [0.25, 0.3) is 0 Å². The Hall–Kier alpha value is -0.930. The summed E-state index contributed by atoms with van der Waals surface area (Å²) in [6.07, 6.45) is 2.20. The van der Waals surface area contributed by atoms with Crippen LogP contribution >= 0.6 is 11.6 Å². The second kappa shape index (κ2) is 4.75. The maximum Gasteiger partial charge on any atom is 0.120 e. The molecular weight excluding hydrogens is 238 g/mol. The van der Waals surface area contributed by atoms with Crippen LogP contribution in [0.3, 0.4) is 0 Å². The van der Waals surface area contributed by atoms with Crippen molar-refractivity contribution in [3.05, 3.63) is 23.2 Å². The van der Waals surface area contributed by atoms with Gasteiger partial charge in [-0.05, 0) is 25.0 Å². The fourth-order valence-electron chi connectivity index (χ4n) is 2.06. The molecule has 4 heteroatoms. The summed E-state index contributed by atoms with van der Waals surface area (Å²) in [4.78, 5) is 2.10. The first-order chi connectivity index (χ1) is 8.10. The maximum absolute atomic E-state index is 9.32. The quantitative estimate of drug-likeness (QED) is 0.878. The number of aliphatic hydroxyl groups excluding tert-OH is 1. The first-order valence-electron chi connectivity index (χ1n) is 5.76. The molecule has 1 saturated carbocycles. The van der Waals surface area contributed by atoms with Gasteiger partial charge >= 0.3 is 0 Å². The van der Waals surface area contributed by atoms with Gasteiger partial charge in [-0.15, -0.1) is 0 Å². The molecule has 1 fully saturated rings. The van der Waals surface area contributed by atoms with Crippen LogP contribution in [-0.4, -0.2) is 32.4 Å². The minimum absolute atomic E-state index is 0.0952. The first-order valence-corrected chi connectivity index (χ1v) is 6.13. The summed E-state index contributed by atoms with van der Waals surface area (Å²) >= 11 is 6.21. The zero-order valence-electron chi connectivity index (χ0n) is 10.2. The number of anilines is 1. The van der Waals surface area contributed by atoms with Crippen molar-refractivity contribution in [1.82, 2.24) is 0 Å². The lowest BCUT2D eigenvalue weighted by Crippen LogP contribution is -2.28. The van der Waals surface area contributed by atoms with E-state index in [1.54, 1.807) is 7.11 Å². The van der Waals surface area contributed by atoms with E-state index in [0.717, 1.165) is 30.8 Å². The van der Waals surface area contributed by atoms with Crippen molar-refractivity contribution in [1.29, 1.82) is 0 Å². The van der Waals surface area contributed by atoms with Crippen LogP contribution in [0, 0.1) is 5.41 Å². The Morgan fingerprint density at radius 2 is 2.18 bits per heavy atom. The van der Waals surface area contributed by atoms with Gasteiger partial charge in [0, 0.05) is 25.1 Å². The number of benzene rings is 1. The second-order valence-corrected chi connectivity index (χ2v) is 5.24. The summed E-state index contributed by atoms with van der Waals surface area (Å²) in [5.41, 5.74) is 1.07. The monoisotopic (exact) mass is 255 g/mol. The van der Waals surface area contributed by atoms with Crippen LogP contribution in [0.15, 0.2) is 18.2 Å². The molecule has 1 N–H and O–H groups in total. The average molecular weight is 256 g/mol. The molecule has 1 aromatic carbocycles. The number of nitrogens with zero attached hydrogens (tertiary/aromatic N) is 1. The van der Waals surface area contributed by atoms with Crippen LogP contribution in [0.1, 0.15) is 12.8 Å². The normalized spacial score (nSPS) is 16.7. The van der Waals surface area contributed by atoms with E-state index in [1.165, 1.54) is 0 Å². The third-order valence-corrected chi connectivity index (χ3v) is 3.73. The van der Waals surface area contributed by atoms with E-state index in [-0.39, 0.29) is 12.0 Å². The summed E-state index contributed by atoms with van der Waals surface area (Å²) in [5.74, 6) is 0.760. The van der Waals surface area contributed by atoms with Crippen LogP contribution in [0.5, 0.6) is 5.75 Å². The lowest BCUT2D eigenvalue weighted by molar-refractivity contribution is 0.215. The number of methoxy groups -OCH3 is 1. The summed E-state index contributed by atoms with van der Waals surface area (Å²) in [5, 5.41) is 10.0. The Kier molecular flexibility index (Phi) is 3.50. The van der Waals surface area contributed by atoms with Crippen molar-refractivity contribution in [2.45, 2.75) is 12.8 Å². The molecule has 0 bridgehead atoms. The summed E-state index contributed by atoms with van der Waals surface area (Å²) in [7, 11) is 3.63. The van der Waals surface area contributed by atoms with E-state index < -0.39 is 0 Å². The van der Waals surface area contributed by atoms with Gasteiger partial charge in [0.1, 0.15) is 5.75 Å². The van der Waals surface area contributed by atoms with Gasteiger partial charge in [0.15, 0.2) is 0 Å². The molecule has 0 radical (unpaired) electrons.